The minimum absolute atomic E-state index is 0.0757. The molecule has 19 heavy (non-hydrogen) atoms. The molecule has 0 saturated carbocycles. The molecule has 2 rings (SSSR count). The summed E-state index contributed by atoms with van der Waals surface area (Å²) in [6.07, 6.45) is -2.53. The van der Waals surface area contributed by atoms with E-state index in [1.165, 1.54) is 4.68 Å². The minimum atomic E-state index is -2.83. The molecule has 0 spiro atoms. The van der Waals surface area contributed by atoms with Crippen LogP contribution >= 0.6 is 27.5 Å². The van der Waals surface area contributed by atoms with Gasteiger partial charge in [-0.05, 0) is 17.7 Å². The van der Waals surface area contributed by atoms with Crippen molar-refractivity contribution < 1.29 is 13.6 Å². The molecule has 0 saturated heterocycles. The van der Waals surface area contributed by atoms with Gasteiger partial charge in [0.25, 0.3) is 6.43 Å². The molecule has 0 fully saturated rings. The maximum atomic E-state index is 12.7. The first-order valence-corrected chi connectivity index (χ1v) is 6.44. The van der Waals surface area contributed by atoms with Crippen molar-refractivity contribution in [1.82, 2.24) is 9.78 Å². The van der Waals surface area contributed by atoms with Gasteiger partial charge in [0.05, 0.1) is 12.1 Å². The number of alkyl halides is 2. The van der Waals surface area contributed by atoms with Crippen LogP contribution in [-0.4, -0.2) is 16.1 Å². The van der Waals surface area contributed by atoms with Crippen LogP contribution in [0.25, 0.3) is 0 Å². The van der Waals surface area contributed by atoms with Crippen molar-refractivity contribution in [3.05, 3.63) is 50.7 Å². The number of aromatic nitrogens is 2. The van der Waals surface area contributed by atoms with Crippen LogP contribution in [0.15, 0.2) is 28.7 Å². The molecular formula is C12H8BrClF2N2O. The third-order valence-electron chi connectivity index (χ3n) is 2.52. The summed E-state index contributed by atoms with van der Waals surface area (Å²) >= 11 is 9.18. The largest absolute Gasteiger partial charge is 0.298 e. The van der Waals surface area contributed by atoms with E-state index in [0.29, 0.717) is 6.29 Å². The van der Waals surface area contributed by atoms with Crippen LogP contribution in [0.3, 0.4) is 0 Å². The molecule has 0 unspecified atom stereocenters. The van der Waals surface area contributed by atoms with E-state index in [0.717, 1.165) is 10.0 Å². The lowest BCUT2D eigenvalue weighted by atomic mass is 10.2. The Morgan fingerprint density at radius 1 is 1.37 bits per heavy atom. The first-order valence-electron chi connectivity index (χ1n) is 5.27. The molecule has 2 aromatic rings. The number of hydrogen-bond donors (Lipinski definition) is 0. The zero-order valence-electron chi connectivity index (χ0n) is 9.49. The van der Waals surface area contributed by atoms with Gasteiger partial charge in [0.2, 0.25) is 0 Å². The van der Waals surface area contributed by atoms with E-state index in [1.54, 1.807) is 0 Å². The number of carbonyl (C=O) groups is 1. The summed E-state index contributed by atoms with van der Waals surface area (Å²) in [5.74, 6) is 0. The van der Waals surface area contributed by atoms with Crippen LogP contribution in [0.1, 0.15) is 28.0 Å². The Bertz CT molecular complexity index is 599. The zero-order chi connectivity index (χ0) is 14.0. The van der Waals surface area contributed by atoms with Crippen molar-refractivity contribution in [2.75, 3.05) is 0 Å². The lowest BCUT2D eigenvalue weighted by molar-refractivity contribution is 0.110. The van der Waals surface area contributed by atoms with Crippen molar-refractivity contribution in [2.45, 2.75) is 13.0 Å². The molecule has 0 radical (unpaired) electrons. The van der Waals surface area contributed by atoms with E-state index in [9.17, 15) is 13.6 Å². The van der Waals surface area contributed by atoms with Crippen molar-refractivity contribution in [3.8, 4) is 0 Å². The normalized spacial score (nSPS) is 11.0. The number of rotatable bonds is 4. The molecule has 0 aliphatic carbocycles. The van der Waals surface area contributed by atoms with E-state index in [1.807, 2.05) is 24.3 Å². The Balaban J connectivity index is 2.35. The molecule has 0 amide bonds. The SMILES string of the molecule is O=Cc1c(C(F)F)nn(Cc2ccc(Br)cc2)c1Cl. The van der Waals surface area contributed by atoms with Gasteiger partial charge in [0.15, 0.2) is 6.29 Å². The predicted octanol–water partition coefficient (Wildman–Crippen LogP) is 4.10. The predicted molar refractivity (Wildman–Crippen MR) is 70.8 cm³/mol. The van der Waals surface area contributed by atoms with E-state index in [2.05, 4.69) is 21.0 Å². The molecule has 1 aromatic heterocycles. The maximum absolute atomic E-state index is 12.7. The molecule has 0 aliphatic heterocycles. The topological polar surface area (TPSA) is 34.9 Å². The molecule has 0 N–H and O–H groups in total. The zero-order valence-corrected chi connectivity index (χ0v) is 11.8. The van der Waals surface area contributed by atoms with Gasteiger partial charge < -0.3 is 0 Å². The van der Waals surface area contributed by atoms with Gasteiger partial charge in [-0.15, -0.1) is 0 Å². The summed E-state index contributed by atoms with van der Waals surface area (Å²) < 4.78 is 27.5. The molecule has 0 aliphatic rings. The molecule has 100 valence electrons. The molecule has 0 atom stereocenters. The highest BCUT2D eigenvalue weighted by atomic mass is 79.9. The number of hydrogen-bond acceptors (Lipinski definition) is 2. The average Bonchev–Trinajstić information content (AvgIpc) is 2.69. The smallest absolute Gasteiger partial charge is 0.282 e. The van der Waals surface area contributed by atoms with Crippen molar-refractivity contribution >= 4 is 33.8 Å². The van der Waals surface area contributed by atoms with Gasteiger partial charge in [0, 0.05) is 4.47 Å². The maximum Gasteiger partial charge on any atom is 0.282 e. The third kappa shape index (κ3) is 3.01. The van der Waals surface area contributed by atoms with Crippen LogP contribution in [0.4, 0.5) is 8.78 Å². The second-order valence-electron chi connectivity index (χ2n) is 3.79. The second kappa shape index (κ2) is 5.79. The monoisotopic (exact) mass is 348 g/mol. The summed E-state index contributed by atoms with van der Waals surface area (Å²) in [4.78, 5) is 10.8. The second-order valence-corrected chi connectivity index (χ2v) is 5.07. The van der Waals surface area contributed by atoms with Gasteiger partial charge in [-0.3, -0.25) is 4.79 Å². The first-order chi connectivity index (χ1) is 9.02. The number of aldehydes is 1. The summed E-state index contributed by atoms with van der Waals surface area (Å²) in [5, 5.41) is 3.61. The molecule has 7 heteroatoms. The molecule has 3 nitrogen and oxygen atoms in total. The summed E-state index contributed by atoms with van der Waals surface area (Å²) in [5.41, 5.74) is -0.00300. The van der Waals surface area contributed by atoms with Gasteiger partial charge in [0.1, 0.15) is 10.8 Å². The Morgan fingerprint density at radius 2 is 2.00 bits per heavy atom. The van der Waals surface area contributed by atoms with Crippen LogP contribution in [-0.2, 0) is 6.54 Å². The van der Waals surface area contributed by atoms with Crippen LogP contribution < -0.4 is 0 Å². The van der Waals surface area contributed by atoms with Crippen molar-refractivity contribution in [2.24, 2.45) is 0 Å². The van der Waals surface area contributed by atoms with Crippen LogP contribution in [0.2, 0.25) is 5.15 Å². The van der Waals surface area contributed by atoms with E-state index >= 15 is 0 Å². The van der Waals surface area contributed by atoms with E-state index in [4.69, 9.17) is 11.6 Å². The Labute approximate surface area is 121 Å². The first kappa shape index (κ1) is 14.1. The standard InChI is InChI=1S/C12H8BrClF2N2O/c13-8-3-1-7(2-4-8)5-18-11(14)9(6-19)10(17-18)12(15)16/h1-4,6,12H,5H2. The third-order valence-corrected chi connectivity index (χ3v) is 3.45. The highest BCUT2D eigenvalue weighted by Gasteiger charge is 2.22. The Hall–Kier alpha value is -1.27. The summed E-state index contributed by atoms with van der Waals surface area (Å²) in [6, 6.07) is 7.26. The Morgan fingerprint density at radius 3 is 2.47 bits per heavy atom. The fraction of sp³-hybridized carbons (Fsp3) is 0.167. The lowest BCUT2D eigenvalue weighted by Gasteiger charge is -2.03. The molecule has 1 heterocycles. The molecule has 1 aromatic carbocycles. The number of nitrogens with zero attached hydrogens (tertiary/aromatic N) is 2. The van der Waals surface area contributed by atoms with Gasteiger partial charge >= 0.3 is 0 Å². The van der Waals surface area contributed by atoms with Crippen molar-refractivity contribution in [1.29, 1.82) is 0 Å². The van der Waals surface area contributed by atoms with Crippen LogP contribution in [0, 0.1) is 0 Å². The fourth-order valence-corrected chi connectivity index (χ4v) is 2.11. The van der Waals surface area contributed by atoms with Crippen molar-refractivity contribution in [3.63, 3.8) is 0 Å². The average molecular weight is 350 g/mol. The fourth-order valence-electron chi connectivity index (χ4n) is 1.61. The number of benzene rings is 1. The number of halogens is 4. The highest BCUT2D eigenvalue weighted by Crippen LogP contribution is 2.27. The summed E-state index contributed by atoms with van der Waals surface area (Å²) in [6.45, 7) is 0.222. The van der Waals surface area contributed by atoms with E-state index in [-0.39, 0.29) is 17.3 Å². The molecule has 0 bridgehead atoms. The van der Waals surface area contributed by atoms with Gasteiger partial charge in [-0.1, -0.05) is 39.7 Å². The van der Waals surface area contributed by atoms with E-state index < -0.39 is 12.1 Å². The number of carbonyl (C=O) groups excluding carboxylic acids is 1. The minimum Gasteiger partial charge on any atom is -0.298 e. The molecular weight excluding hydrogens is 341 g/mol. The summed E-state index contributed by atoms with van der Waals surface area (Å²) in [7, 11) is 0. The highest BCUT2D eigenvalue weighted by molar-refractivity contribution is 9.10. The quantitative estimate of drug-likeness (QED) is 0.779. The van der Waals surface area contributed by atoms with Crippen LogP contribution in [0.5, 0.6) is 0 Å². The lowest BCUT2D eigenvalue weighted by Crippen LogP contribution is -2.02. The Kier molecular flexibility index (Phi) is 4.31. The van der Waals surface area contributed by atoms with Gasteiger partial charge in [-0.25, -0.2) is 13.5 Å². The van der Waals surface area contributed by atoms with Gasteiger partial charge in [-0.2, -0.15) is 5.10 Å².